The molecule has 0 spiro atoms. The molecule has 1 N–H and O–H groups in total. The summed E-state index contributed by atoms with van der Waals surface area (Å²) in [7, 11) is 0. The van der Waals surface area contributed by atoms with E-state index in [2.05, 4.69) is 11.4 Å². The molecule has 3 nitrogen and oxygen atoms in total. The van der Waals surface area contributed by atoms with Crippen molar-refractivity contribution in [2.45, 2.75) is 23.6 Å². The van der Waals surface area contributed by atoms with E-state index in [9.17, 15) is 13.6 Å². The van der Waals surface area contributed by atoms with E-state index >= 15 is 0 Å². The summed E-state index contributed by atoms with van der Waals surface area (Å²) in [6, 6.07) is 14.4. The molecule has 2 aromatic rings. The number of anilines is 1. The number of para-hydroxylation sites is 1. The van der Waals surface area contributed by atoms with Gasteiger partial charge in [-0.2, -0.15) is 8.78 Å². The van der Waals surface area contributed by atoms with Crippen molar-refractivity contribution in [2.75, 3.05) is 11.9 Å². The Morgan fingerprint density at radius 2 is 1.78 bits per heavy atom. The highest BCUT2D eigenvalue weighted by molar-refractivity contribution is 7.99. The maximum Gasteiger partial charge on any atom is 0.322 e. The highest BCUT2D eigenvalue weighted by Crippen LogP contribution is 2.32. The third kappa shape index (κ3) is 3.82. The van der Waals surface area contributed by atoms with Crippen LogP contribution in [0.2, 0.25) is 0 Å². The second-order valence-corrected chi connectivity index (χ2v) is 6.28. The van der Waals surface area contributed by atoms with E-state index < -0.39 is 5.76 Å². The van der Waals surface area contributed by atoms with Crippen molar-refractivity contribution in [2.24, 2.45) is 0 Å². The first-order valence-electron chi connectivity index (χ1n) is 7.30. The summed E-state index contributed by atoms with van der Waals surface area (Å²) < 4.78 is 25.2. The number of nitrogens with zero attached hydrogens (tertiary/aromatic N) is 1. The number of urea groups is 1. The smallest absolute Gasteiger partial charge is 0.320 e. The lowest BCUT2D eigenvalue weighted by atomic mass is 10.0. The van der Waals surface area contributed by atoms with Crippen LogP contribution in [-0.2, 0) is 13.0 Å². The molecule has 1 aliphatic heterocycles. The number of carbonyl (C=O) groups is 1. The fraction of sp³-hybridized carbons (Fsp3) is 0.235. The van der Waals surface area contributed by atoms with E-state index in [0.29, 0.717) is 35.4 Å². The number of hydrogen-bond acceptors (Lipinski definition) is 2. The number of benzene rings is 2. The van der Waals surface area contributed by atoms with Crippen LogP contribution >= 0.6 is 11.8 Å². The maximum absolute atomic E-state index is 12.6. The van der Waals surface area contributed by atoms with Crippen LogP contribution in [-0.4, -0.2) is 23.2 Å². The van der Waals surface area contributed by atoms with Gasteiger partial charge in [0.25, 0.3) is 5.76 Å². The number of fused-ring (bicyclic) bond motifs is 1. The van der Waals surface area contributed by atoms with Crippen molar-refractivity contribution >= 4 is 23.5 Å². The Balaban J connectivity index is 1.71. The number of alkyl halides is 2. The average Bonchev–Trinajstić information content (AvgIpc) is 2.55. The van der Waals surface area contributed by atoms with Gasteiger partial charge in [-0.1, -0.05) is 48.2 Å². The molecule has 3 rings (SSSR count). The molecular formula is C17H16F2N2OS. The number of rotatable bonds is 3. The summed E-state index contributed by atoms with van der Waals surface area (Å²) in [5.74, 6) is -2.52. The molecule has 2 amide bonds. The summed E-state index contributed by atoms with van der Waals surface area (Å²) in [6.07, 6.45) is 0.803. The van der Waals surface area contributed by atoms with Crippen LogP contribution in [0.5, 0.6) is 0 Å². The Morgan fingerprint density at radius 1 is 1.09 bits per heavy atom. The maximum atomic E-state index is 12.6. The molecule has 0 atom stereocenters. The zero-order valence-corrected chi connectivity index (χ0v) is 13.2. The van der Waals surface area contributed by atoms with E-state index in [1.54, 1.807) is 29.2 Å². The Labute approximate surface area is 137 Å². The average molecular weight is 334 g/mol. The van der Waals surface area contributed by atoms with Crippen molar-refractivity contribution in [1.29, 1.82) is 0 Å². The highest BCUT2D eigenvalue weighted by atomic mass is 32.2. The van der Waals surface area contributed by atoms with Crippen LogP contribution in [0, 0.1) is 0 Å². The summed E-state index contributed by atoms with van der Waals surface area (Å²) >= 11 is 0.436. The van der Waals surface area contributed by atoms with Gasteiger partial charge in [-0.05, 0) is 29.7 Å². The molecule has 120 valence electrons. The van der Waals surface area contributed by atoms with Gasteiger partial charge in [0.15, 0.2) is 0 Å². The van der Waals surface area contributed by atoms with Gasteiger partial charge in [-0.25, -0.2) is 4.79 Å². The van der Waals surface area contributed by atoms with E-state index in [1.165, 1.54) is 5.56 Å². The Kier molecular flexibility index (Phi) is 4.81. The Hall–Kier alpha value is -2.08. The van der Waals surface area contributed by atoms with Crippen molar-refractivity contribution in [1.82, 2.24) is 4.90 Å². The van der Waals surface area contributed by atoms with Gasteiger partial charge in [0.05, 0.1) is 5.69 Å². The van der Waals surface area contributed by atoms with E-state index in [1.807, 2.05) is 18.2 Å². The van der Waals surface area contributed by atoms with E-state index in [4.69, 9.17) is 0 Å². The first kappa shape index (κ1) is 15.8. The second kappa shape index (κ2) is 7.00. The molecule has 6 heteroatoms. The third-order valence-electron chi connectivity index (χ3n) is 3.76. The quantitative estimate of drug-likeness (QED) is 0.833. The largest absolute Gasteiger partial charge is 0.322 e. The topological polar surface area (TPSA) is 32.3 Å². The fourth-order valence-corrected chi connectivity index (χ4v) is 3.23. The second-order valence-electron chi connectivity index (χ2n) is 5.25. The standard InChI is InChI=1S/C17H16F2N2OS/c18-16(19)23-15-8-4-3-7-14(15)20-17(22)21-10-9-12-5-1-2-6-13(12)11-21/h1-8,16H,9-11H2,(H,20,22). The summed E-state index contributed by atoms with van der Waals surface area (Å²) in [5, 5.41) is 2.75. The lowest BCUT2D eigenvalue weighted by Crippen LogP contribution is -2.38. The fourth-order valence-electron chi connectivity index (χ4n) is 2.63. The Morgan fingerprint density at radius 3 is 2.57 bits per heavy atom. The predicted octanol–water partition coefficient (Wildman–Crippen LogP) is 4.59. The van der Waals surface area contributed by atoms with Gasteiger partial charge in [0, 0.05) is 18.0 Å². The molecule has 1 aliphatic rings. The first-order chi connectivity index (χ1) is 11.1. The van der Waals surface area contributed by atoms with Gasteiger partial charge < -0.3 is 10.2 Å². The molecule has 0 aliphatic carbocycles. The van der Waals surface area contributed by atoms with Crippen LogP contribution in [0.4, 0.5) is 19.3 Å². The van der Waals surface area contributed by atoms with Gasteiger partial charge >= 0.3 is 6.03 Å². The van der Waals surface area contributed by atoms with Gasteiger partial charge in [-0.3, -0.25) is 0 Å². The number of halogens is 2. The minimum absolute atomic E-state index is 0.262. The minimum Gasteiger partial charge on any atom is -0.320 e. The summed E-state index contributed by atoms with van der Waals surface area (Å²) in [4.78, 5) is 14.5. The van der Waals surface area contributed by atoms with Crippen molar-refractivity contribution < 1.29 is 13.6 Å². The Bertz CT molecular complexity index is 708. The molecule has 0 aromatic heterocycles. The highest BCUT2D eigenvalue weighted by Gasteiger charge is 2.21. The van der Waals surface area contributed by atoms with Crippen molar-refractivity contribution in [3.8, 4) is 0 Å². The summed E-state index contributed by atoms with van der Waals surface area (Å²) in [5.41, 5.74) is 2.80. The predicted molar refractivity (Wildman–Crippen MR) is 87.9 cm³/mol. The molecule has 0 saturated heterocycles. The van der Waals surface area contributed by atoms with Crippen LogP contribution in [0.25, 0.3) is 0 Å². The van der Waals surface area contributed by atoms with Crippen molar-refractivity contribution in [3.63, 3.8) is 0 Å². The molecule has 2 aromatic carbocycles. The SMILES string of the molecule is O=C(Nc1ccccc1SC(F)F)N1CCc2ccccc2C1. The monoisotopic (exact) mass is 334 g/mol. The minimum atomic E-state index is -2.52. The van der Waals surface area contributed by atoms with Crippen LogP contribution < -0.4 is 5.32 Å². The normalized spacial score (nSPS) is 13.8. The molecule has 1 heterocycles. The van der Waals surface area contributed by atoms with Crippen LogP contribution in [0.3, 0.4) is 0 Å². The summed E-state index contributed by atoms with van der Waals surface area (Å²) in [6.45, 7) is 1.15. The zero-order chi connectivity index (χ0) is 16.2. The molecule has 0 unspecified atom stereocenters. The van der Waals surface area contributed by atoms with Crippen LogP contribution in [0.1, 0.15) is 11.1 Å². The molecular weight excluding hydrogens is 318 g/mol. The molecule has 0 saturated carbocycles. The number of amides is 2. The lowest BCUT2D eigenvalue weighted by Gasteiger charge is -2.29. The lowest BCUT2D eigenvalue weighted by molar-refractivity contribution is 0.206. The molecule has 0 fully saturated rings. The van der Waals surface area contributed by atoms with E-state index in [0.717, 1.165) is 12.0 Å². The third-order valence-corrected chi connectivity index (χ3v) is 4.55. The van der Waals surface area contributed by atoms with E-state index in [-0.39, 0.29) is 6.03 Å². The number of nitrogens with one attached hydrogen (secondary N) is 1. The molecule has 23 heavy (non-hydrogen) atoms. The zero-order valence-electron chi connectivity index (χ0n) is 12.3. The molecule has 0 bridgehead atoms. The number of carbonyl (C=O) groups excluding carboxylic acids is 1. The van der Waals surface area contributed by atoms with Crippen molar-refractivity contribution in [3.05, 3.63) is 59.7 Å². The van der Waals surface area contributed by atoms with Gasteiger partial charge in [-0.15, -0.1) is 0 Å². The first-order valence-corrected chi connectivity index (χ1v) is 8.18. The van der Waals surface area contributed by atoms with Gasteiger partial charge in [0.2, 0.25) is 0 Å². The number of thioether (sulfide) groups is 1. The molecule has 0 radical (unpaired) electrons. The number of hydrogen-bond donors (Lipinski definition) is 1. The van der Waals surface area contributed by atoms with Gasteiger partial charge in [0.1, 0.15) is 0 Å². The van der Waals surface area contributed by atoms with Crippen LogP contribution in [0.15, 0.2) is 53.4 Å².